The fourth-order valence-electron chi connectivity index (χ4n) is 6.37. The minimum absolute atomic E-state index is 0.545. The predicted octanol–water partition coefficient (Wildman–Crippen LogP) is 11.3. The molecule has 0 N–H and O–H groups in total. The normalized spacial score (nSPS) is 11.8. The molecule has 0 aliphatic rings. The molecule has 0 spiro atoms. The summed E-state index contributed by atoms with van der Waals surface area (Å²) in [5.74, 6) is 1.76. The first-order chi connectivity index (χ1) is 23.7. The van der Waals surface area contributed by atoms with Crippen LogP contribution in [0.2, 0.25) is 0 Å². The summed E-state index contributed by atoms with van der Waals surface area (Å²) in [6, 6.07) is 48.9. The summed E-state index contributed by atoms with van der Waals surface area (Å²) in [6.07, 6.45) is 7.81. The number of para-hydroxylation sites is 1. The van der Waals surface area contributed by atoms with E-state index in [0.717, 1.165) is 33.5 Å². The molecule has 0 saturated carbocycles. The van der Waals surface area contributed by atoms with Crippen LogP contribution in [0.1, 0.15) is 12.7 Å². The molecule has 0 amide bonds. The third-order valence-electron chi connectivity index (χ3n) is 8.70. The monoisotopic (exact) mass is 616 g/mol. The smallest absolute Gasteiger partial charge is 0.164 e. The molecular formula is C44H32N4. The van der Waals surface area contributed by atoms with E-state index in [4.69, 9.17) is 15.0 Å². The Labute approximate surface area is 279 Å². The van der Waals surface area contributed by atoms with Gasteiger partial charge in [-0.05, 0) is 59.2 Å². The molecule has 8 rings (SSSR count). The summed E-state index contributed by atoms with van der Waals surface area (Å²) in [7, 11) is 0. The molecule has 0 saturated heterocycles. The van der Waals surface area contributed by atoms with E-state index in [9.17, 15) is 0 Å². The maximum atomic E-state index is 4.98. The topological polar surface area (TPSA) is 43.6 Å². The summed E-state index contributed by atoms with van der Waals surface area (Å²) in [5, 5.41) is 4.97. The molecule has 4 nitrogen and oxygen atoms in total. The van der Waals surface area contributed by atoms with Crippen molar-refractivity contribution in [3.05, 3.63) is 176 Å². The van der Waals surface area contributed by atoms with Crippen LogP contribution in [0.5, 0.6) is 0 Å². The second kappa shape index (κ2) is 12.4. The maximum Gasteiger partial charge on any atom is 0.164 e. The van der Waals surface area contributed by atoms with Crippen LogP contribution in [-0.4, -0.2) is 19.5 Å². The van der Waals surface area contributed by atoms with Crippen LogP contribution in [0, 0.1) is 0 Å². The van der Waals surface area contributed by atoms with Crippen LogP contribution in [0.25, 0.3) is 77.7 Å². The first kappa shape index (κ1) is 29.0. The van der Waals surface area contributed by atoms with Crippen LogP contribution in [0.3, 0.4) is 0 Å². The summed E-state index contributed by atoms with van der Waals surface area (Å²) in [4.78, 5) is 14.7. The number of hydrogen-bond acceptors (Lipinski definition) is 3. The predicted molar refractivity (Wildman–Crippen MR) is 201 cm³/mol. The van der Waals surface area contributed by atoms with Crippen molar-refractivity contribution in [3.8, 4) is 39.6 Å². The van der Waals surface area contributed by atoms with Crippen molar-refractivity contribution >= 4 is 38.2 Å². The molecule has 0 unspecified atom stereocenters. The van der Waals surface area contributed by atoms with Gasteiger partial charge in [-0.15, -0.1) is 0 Å². The van der Waals surface area contributed by atoms with Crippen LogP contribution in [0.4, 0.5) is 0 Å². The van der Waals surface area contributed by atoms with E-state index < -0.39 is 0 Å². The minimum Gasteiger partial charge on any atom is -0.309 e. The van der Waals surface area contributed by atoms with Gasteiger partial charge in [0.05, 0.1) is 11.0 Å². The Bertz CT molecular complexity index is 2520. The quantitative estimate of drug-likeness (QED) is 0.167. The molecule has 0 aliphatic carbocycles. The fourth-order valence-corrected chi connectivity index (χ4v) is 6.37. The Kier molecular flexibility index (Phi) is 7.52. The molecule has 6 aromatic carbocycles. The highest BCUT2D eigenvalue weighted by Crippen LogP contribution is 2.36. The maximum absolute atomic E-state index is 4.98. The van der Waals surface area contributed by atoms with Gasteiger partial charge in [0, 0.05) is 33.2 Å². The van der Waals surface area contributed by atoms with Gasteiger partial charge >= 0.3 is 0 Å². The van der Waals surface area contributed by atoms with Gasteiger partial charge in [-0.3, -0.25) is 0 Å². The van der Waals surface area contributed by atoms with Gasteiger partial charge in [0.25, 0.3) is 0 Å². The average molecular weight is 617 g/mol. The van der Waals surface area contributed by atoms with E-state index in [2.05, 4.69) is 114 Å². The summed E-state index contributed by atoms with van der Waals surface area (Å²) in [6.45, 7) is 6.25. The van der Waals surface area contributed by atoms with Crippen molar-refractivity contribution in [1.29, 1.82) is 0 Å². The van der Waals surface area contributed by atoms with Gasteiger partial charge in [0.2, 0.25) is 0 Å². The Morgan fingerprint density at radius 2 is 1.23 bits per heavy atom. The van der Waals surface area contributed by atoms with E-state index in [-0.39, 0.29) is 0 Å². The lowest BCUT2D eigenvalue weighted by Crippen LogP contribution is -2.02. The van der Waals surface area contributed by atoms with E-state index in [0.29, 0.717) is 17.5 Å². The average Bonchev–Trinajstić information content (AvgIpc) is 3.47. The van der Waals surface area contributed by atoms with Crippen LogP contribution >= 0.6 is 0 Å². The number of allylic oxidation sites excluding steroid dienone is 5. The summed E-state index contributed by atoms with van der Waals surface area (Å²) < 4.78 is 2.37. The van der Waals surface area contributed by atoms with E-state index in [1.807, 2.05) is 67.6 Å². The molecule has 4 heteroatoms. The van der Waals surface area contributed by atoms with Crippen molar-refractivity contribution in [1.82, 2.24) is 19.5 Å². The molecule has 0 radical (unpaired) electrons. The highest BCUT2D eigenvalue weighted by atomic mass is 15.0. The number of nitrogens with zero attached hydrogens (tertiary/aromatic N) is 4. The Hall–Kier alpha value is -6.39. The Morgan fingerprint density at radius 1 is 0.562 bits per heavy atom. The molecule has 0 atom stereocenters. The molecular weight excluding hydrogens is 585 g/mol. The number of fused-ring (bicyclic) bond motifs is 4. The third kappa shape index (κ3) is 5.29. The molecule has 0 fully saturated rings. The molecule has 8 aromatic rings. The SMILES string of the molecule is C=C(/C=C\C=C/C)c1nc(-c2ccccc2)nc(-c2ccccc2-c2ccc(-n3c4ccccc4c4cc5ccccc5cc43)cc2)n1. The van der Waals surface area contributed by atoms with Gasteiger partial charge in [-0.25, -0.2) is 15.0 Å². The summed E-state index contributed by atoms with van der Waals surface area (Å²) >= 11 is 0. The van der Waals surface area contributed by atoms with Gasteiger partial charge in [-0.1, -0.05) is 140 Å². The first-order valence-corrected chi connectivity index (χ1v) is 16.1. The highest BCUT2D eigenvalue weighted by Gasteiger charge is 2.17. The van der Waals surface area contributed by atoms with E-state index in [1.165, 1.54) is 32.6 Å². The van der Waals surface area contributed by atoms with Crippen LogP contribution in [-0.2, 0) is 0 Å². The van der Waals surface area contributed by atoms with Crippen molar-refractivity contribution in [2.45, 2.75) is 6.92 Å². The van der Waals surface area contributed by atoms with Gasteiger partial charge in [0.1, 0.15) is 0 Å². The number of rotatable bonds is 7. The standard InChI is InChI=1S/C44H32N4/c1-3-4-6-15-30(2)42-45-43(32-16-7-5-8-17-32)47-44(46-42)38-22-12-11-20-36(38)31-24-26-35(27-25-31)48-40-23-14-13-21-37(40)39-28-33-18-9-10-19-34(33)29-41(39)48/h3-29H,2H2,1H3/b4-3-,15-6-. The molecule has 0 bridgehead atoms. The van der Waals surface area contributed by atoms with Crippen molar-refractivity contribution in [3.63, 3.8) is 0 Å². The highest BCUT2D eigenvalue weighted by molar-refractivity contribution is 6.13. The van der Waals surface area contributed by atoms with Crippen LogP contribution < -0.4 is 0 Å². The minimum atomic E-state index is 0.545. The fraction of sp³-hybridized carbons (Fsp3) is 0.0227. The Morgan fingerprint density at radius 3 is 2.02 bits per heavy atom. The second-order valence-corrected chi connectivity index (χ2v) is 11.7. The van der Waals surface area contributed by atoms with Gasteiger partial charge in [-0.2, -0.15) is 0 Å². The zero-order chi connectivity index (χ0) is 32.5. The van der Waals surface area contributed by atoms with E-state index in [1.54, 1.807) is 0 Å². The van der Waals surface area contributed by atoms with Crippen molar-refractivity contribution in [2.24, 2.45) is 0 Å². The first-order valence-electron chi connectivity index (χ1n) is 16.1. The largest absolute Gasteiger partial charge is 0.309 e. The number of aromatic nitrogens is 4. The van der Waals surface area contributed by atoms with Crippen molar-refractivity contribution in [2.75, 3.05) is 0 Å². The summed E-state index contributed by atoms with van der Waals surface area (Å²) in [5.41, 5.74) is 8.18. The molecule has 228 valence electrons. The zero-order valence-electron chi connectivity index (χ0n) is 26.6. The lowest BCUT2D eigenvalue weighted by molar-refractivity contribution is 1.04. The lowest BCUT2D eigenvalue weighted by atomic mass is 9.98. The molecule has 0 aliphatic heterocycles. The van der Waals surface area contributed by atoms with Crippen molar-refractivity contribution < 1.29 is 0 Å². The molecule has 2 heterocycles. The van der Waals surface area contributed by atoms with Crippen LogP contribution in [0.15, 0.2) is 170 Å². The number of benzene rings is 6. The lowest BCUT2D eigenvalue weighted by Gasteiger charge is -2.13. The zero-order valence-corrected chi connectivity index (χ0v) is 26.6. The van der Waals surface area contributed by atoms with Gasteiger partial charge in [0.15, 0.2) is 17.5 Å². The Balaban J connectivity index is 1.24. The number of hydrogen-bond donors (Lipinski definition) is 0. The molecule has 48 heavy (non-hydrogen) atoms. The second-order valence-electron chi connectivity index (χ2n) is 11.7. The third-order valence-corrected chi connectivity index (χ3v) is 8.70. The van der Waals surface area contributed by atoms with Gasteiger partial charge < -0.3 is 4.57 Å². The molecule has 2 aromatic heterocycles. The van der Waals surface area contributed by atoms with E-state index >= 15 is 0 Å².